The van der Waals surface area contributed by atoms with Crippen LogP contribution in [0.2, 0.25) is 0 Å². The molecule has 1 rings (SSSR count). The standard InChI is InChI=1S/C9H8FIO3/c1-13-7-3-6(11)8(10)5(4-12)9(7)14-2/h3-4H,1-2H3. The van der Waals surface area contributed by atoms with Crippen molar-refractivity contribution in [3.8, 4) is 11.5 Å². The van der Waals surface area contributed by atoms with Crippen molar-refractivity contribution in [2.24, 2.45) is 0 Å². The van der Waals surface area contributed by atoms with Gasteiger partial charge in [0.2, 0.25) is 0 Å². The Balaban J connectivity index is 3.49. The molecule has 1 aromatic rings. The lowest BCUT2D eigenvalue weighted by atomic mass is 10.2. The smallest absolute Gasteiger partial charge is 0.174 e. The van der Waals surface area contributed by atoms with Gasteiger partial charge in [-0.05, 0) is 22.6 Å². The van der Waals surface area contributed by atoms with Crippen LogP contribution in [-0.2, 0) is 0 Å². The van der Waals surface area contributed by atoms with Crippen LogP contribution in [0.3, 0.4) is 0 Å². The third kappa shape index (κ3) is 1.82. The van der Waals surface area contributed by atoms with E-state index in [1.54, 1.807) is 22.6 Å². The molecule has 0 heterocycles. The van der Waals surface area contributed by atoms with E-state index in [0.717, 1.165) is 0 Å². The summed E-state index contributed by atoms with van der Waals surface area (Å²) in [5.74, 6) is -0.112. The molecule has 0 fully saturated rings. The first kappa shape index (κ1) is 11.2. The quantitative estimate of drug-likeness (QED) is 0.634. The lowest BCUT2D eigenvalue weighted by molar-refractivity contribution is 0.111. The Morgan fingerprint density at radius 2 is 2.07 bits per heavy atom. The predicted molar refractivity (Wildman–Crippen MR) is 57.6 cm³/mol. The van der Waals surface area contributed by atoms with Crippen molar-refractivity contribution in [3.63, 3.8) is 0 Å². The number of carbonyl (C=O) groups excluding carboxylic acids is 1. The molecule has 0 amide bonds. The summed E-state index contributed by atoms with van der Waals surface area (Å²) < 4.78 is 23.6. The van der Waals surface area contributed by atoms with Crippen LogP contribution in [0, 0.1) is 9.39 Å². The van der Waals surface area contributed by atoms with Gasteiger partial charge in [-0.25, -0.2) is 4.39 Å². The van der Waals surface area contributed by atoms with Crippen LogP contribution in [0.1, 0.15) is 10.4 Å². The third-order valence-corrected chi connectivity index (χ3v) is 2.50. The molecule has 0 bridgehead atoms. The molecule has 3 nitrogen and oxygen atoms in total. The number of aldehydes is 1. The molecule has 5 heteroatoms. The Kier molecular flexibility index (Phi) is 3.68. The monoisotopic (exact) mass is 310 g/mol. The van der Waals surface area contributed by atoms with Crippen LogP contribution in [0.25, 0.3) is 0 Å². The maximum absolute atomic E-state index is 13.4. The number of hydrogen-bond donors (Lipinski definition) is 0. The van der Waals surface area contributed by atoms with Gasteiger partial charge >= 0.3 is 0 Å². The molecule has 0 unspecified atom stereocenters. The van der Waals surface area contributed by atoms with E-state index < -0.39 is 5.82 Å². The molecule has 76 valence electrons. The molecule has 0 aromatic heterocycles. The van der Waals surface area contributed by atoms with Gasteiger partial charge in [-0.2, -0.15) is 0 Å². The number of rotatable bonds is 3. The van der Waals surface area contributed by atoms with Crippen LogP contribution in [-0.4, -0.2) is 20.5 Å². The maximum atomic E-state index is 13.4. The highest BCUT2D eigenvalue weighted by Gasteiger charge is 2.17. The molecule has 0 N–H and O–H groups in total. The maximum Gasteiger partial charge on any atom is 0.174 e. The summed E-state index contributed by atoms with van der Waals surface area (Å²) >= 11 is 1.79. The molecular formula is C9H8FIO3. The van der Waals surface area contributed by atoms with Gasteiger partial charge in [0.1, 0.15) is 0 Å². The SMILES string of the molecule is COc1cc(I)c(F)c(C=O)c1OC. The number of benzene rings is 1. The van der Waals surface area contributed by atoms with E-state index in [9.17, 15) is 9.18 Å². The Hall–Kier alpha value is -0.850. The number of halogens is 2. The summed E-state index contributed by atoms with van der Waals surface area (Å²) in [4.78, 5) is 10.6. The second-order valence-electron chi connectivity index (χ2n) is 2.44. The molecule has 0 aliphatic rings. The van der Waals surface area contributed by atoms with Gasteiger partial charge in [0, 0.05) is 6.07 Å². The molecule has 0 aliphatic carbocycles. The minimum absolute atomic E-state index is 0.115. The van der Waals surface area contributed by atoms with Crippen molar-refractivity contribution in [2.75, 3.05) is 14.2 Å². The van der Waals surface area contributed by atoms with Crippen molar-refractivity contribution in [2.45, 2.75) is 0 Å². The topological polar surface area (TPSA) is 35.5 Å². The zero-order chi connectivity index (χ0) is 10.7. The van der Waals surface area contributed by atoms with Gasteiger partial charge in [0.05, 0.1) is 23.4 Å². The first-order chi connectivity index (χ1) is 6.65. The van der Waals surface area contributed by atoms with Crippen LogP contribution < -0.4 is 9.47 Å². The van der Waals surface area contributed by atoms with Gasteiger partial charge in [-0.3, -0.25) is 4.79 Å². The molecule has 0 saturated carbocycles. The van der Waals surface area contributed by atoms with Crippen molar-refractivity contribution >= 4 is 28.9 Å². The Morgan fingerprint density at radius 3 is 2.50 bits per heavy atom. The van der Waals surface area contributed by atoms with E-state index >= 15 is 0 Å². The fraction of sp³-hybridized carbons (Fsp3) is 0.222. The van der Waals surface area contributed by atoms with E-state index in [4.69, 9.17) is 9.47 Å². The van der Waals surface area contributed by atoms with E-state index in [1.165, 1.54) is 20.3 Å². The summed E-state index contributed by atoms with van der Waals surface area (Å²) in [7, 11) is 2.79. The number of carbonyl (C=O) groups is 1. The molecule has 0 saturated heterocycles. The van der Waals surface area contributed by atoms with Crippen molar-refractivity contribution in [1.29, 1.82) is 0 Å². The minimum atomic E-state index is -0.585. The Labute approximate surface area is 94.3 Å². The Bertz CT molecular complexity index is 366. The van der Waals surface area contributed by atoms with Crippen LogP contribution >= 0.6 is 22.6 Å². The largest absolute Gasteiger partial charge is 0.493 e. The van der Waals surface area contributed by atoms with E-state index in [2.05, 4.69) is 0 Å². The predicted octanol–water partition coefficient (Wildman–Crippen LogP) is 2.26. The van der Waals surface area contributed by atoms with Crippen LogP contribution in [0.15, 0.2) is 6.07 Å². The number of ether oxygens (including phenoxy) is 2. The van der Waals surface area contributed by atoms with E-state index in [0.29, 0.717) is 15.6 Å². The van der Waals surface area contributed by atoms with Crippen molar-refractivity contribution < 1.29 is 18.7 Å². The molecule has 1 aromatic carbocycles. The third-order valence-electron chi connectivity index (χ3n) is 1.71. The lowest BCUT2D eigenvalue weighted by Crippen LogP contribution is -2.00. The van der Waals surface area contributed by atoms with Crippen molar-refractivity contribution in [3.05, 3.63) is 21.0 Å². The van der Waals surface area contributed by atoms with Gasteiger partial charge in [-0.15, -0.1) is 0 Å². The zero-order valence-corrected chi connectivity index (χ0v) is 9.79. The fourth-order valence-corrected chi connectivity index (χ4v) is 1.65. The zero-order valence-electron chi connectivity index (χ0n) is 7.64. The fourth-order valence-electron chi connectivity index (χ4n) is 1.07. The lowest BCUT2D eigenvalue weighted by Gasteiger charge is -2.11. The first-order valence-electron chi connectivity index (χ1n) is 3.70. The highest BCUT2D eigenvalue weighted by Crippen LogP contribution is 2.34. The number of hydrogen-bond acceptors (Lipinski definition) is 3. The van der Waals surface area contributed by atoms with E-state index in [-0.39, 0.29) is 11.3 Å². The molecular weight excluding hydrogens is 302 g/mol. The summed E-state index contributed by atoms with van der Waals surface area (Å²) in [5.41, 5.74) is -0.115. The molecule has 0 aliphatic heterocycles. The Morgan fingerprint density at radius 1 is 1.43 bits per heavy atom. The first-order valence-corrected chi connectivity index (χ1v) is 4.78. The van der Waals surface area contributed by atoms with Gasteiger partial charge in [0.15, 0.2) is 23.6 Å². The van der Waals surface area contributed by atoms with Crippen LogP contribution in [0.4, 0.5) is 4.39 Å². The molecule has 14 heavy (non-hydrogen) atoms. The highest BCUT2D eigenvalue weighted by atomic mass is 127. The second kappa shape index (κ2) is 4.59. The highest BCUT2D eigenvalue weighted by molar-refractivity contribution is 14.1. The molecule has 0 spiro atoms. The summed E-state index contributed by atoms with van der Waals surface area (Å²) in [6, 6.07) is 1.47. The average molecular weight is 310 g/mol. The van der Waals surface area contributed by atoms with Gasteiger partial charge in [-0.1, -0.05) is 0 Å². The minimum Gasteiger partial charge on any atom is -0.493 e. The van der Waals surface area contributed by atoms with Gasteiger partial charge in [0.25, 0.3) is 0 Å². The number of methoxy groups -OCH3 is 2. The molecule has 0 radical (unpaired) electrons. The van der Waals surface area contributed by atoms with E-state index in [1.807, 2.05) is 0 Å². The summed E-state index contributed by atoms with van der Waals surface area (Å²) in [6.45, 7) is 0. The van der Waals surface area contributed by atoms with Crippen molar-refractivity contribution in [1.82, 2.24) is 0 Å². The summed E-state index contributed by atoms with van der Waals surface area (Å²) in [6.07, 6.45) is 0.416. The second-order valence-corrected chi connectivity index (χ2v) is 3.60. The normalized spacial score (nSPS) is 9.71. The van der Waals surface area contributed by atoms with Crippen LogP contribution in [0.5, 0.6) is 11.5 Å². The van der Waals surface area contributed by atoms with Gasteiger partial charge < -0.3 is 9.47 Å². The summed E-state index contributed by atoms with van der Waals surface area (Å²) in [5, 5.41) is 0. The average Bonchev–Trinajstić information content (AvgIpc) is 2.20. The molecule has 0 atom stereocenters.